The third kappa shape index (κ3) is 3.87. The predicted octanol–water partition coefficient (Wildman–Crippen LogP) is 6.51. The zero-order valence-corrected chi connectivity index (χ0v) is 19.9. The number of aromatic nitrogens is 2. The topological polar surface area (TPSA) is 50.2 Å². The van der Waals surface area contributed by atoms with E-state index in [1.165, 1.54) is 6.42 Å². The molecule has 5 nitrogen and oxygen atoms in total. The maximum atomic E-state index is 13.4. The summed E-state index contributed by atoms with van der Waals surface area (Å²) < 4.78 is 2.02. The van der Waals surface area contributed by atoms with Gasteiger partial charge in [0.2, 0.25) is 0 Å². The first-order valence-corrected chi connectivity index (χ1v) is 11.9. The van der Waals surface area contributed by atoms with E-state index in [0.29, 0.717) is 33.1 Å². The lowest BCUT2D eigenvalue weighted by Crippen LogP contribution is -2.37. The molecule has 1 aliphatic carbocycles. The van der Waals surface area contributed by atoms with Crippen molar-refractivity contribution in [1.29, 1.82) is 0 Å². The molecule has 32 heavy (non-hydrogen) atoms. The number of benzene rings is 2. The standard InChI is InChI=1S/C24H23Cl3N4O/c1-30-13-21-22(24(32)28-16-5-3-2-4-6-16)29-23(17-9-7-14(25)11-18(17)27)31(21)19-10-8-15(26)12-20(19)30/h7-12,16H,2-6,13H2,1H3,(H,28,32). The lowest BCUT2D eigenvalue weighted by molar-refractivity contribution is 0.0922. The molecule has 1 aromatic heterocycles. The molecule has 1 amide bonds. The van der Waals surface area contributed by atoms with Crippen molar-refractivity contribution >= 4 is 46.4 Å². The minimum Gasteiger partial charge on any atom is -0.367 e. The highest BCUT2D eigenvalue weighted by molar-refractivity contribution is 6.36. The minimum absolute atomic E-state index is 0.136. The fourth-order valence-corrected chi connectivity index (χ4v) is 5.35. The summed E-state index contributed by atoms with van der Waals surface area (Å²) in [5.41, 5.74) is 3.86. The van der Waals surface area contributed by atoms with Crippen LogP contribution < -0.4 is 10.2 Å². The predicted molar refractivity (Wildman–Crippen MR) is 130 cm³/mol. The number of imidazole rings is 1. The second-order valence-corrected chi connectivity index (χ2v) is 9.77. The number of carbonyl (C=O) groups excluding carboxylic acids is 1. The van der Waals surface area contributed by atoms with Crippen LogP contribution in [0.25, 0.3) is 17.1 Å². The third-order valence-electron chi connectivity index (χ3n) is 6.28. The Bertz CT molecular complexity index is 1200. The molecule has 1 saturated carbocycles. The van der Waals surface area contributed by atoms with Crippen LogP contribution in [0.3, 0.4) is 0 Å². The molecule has 0 bridgehead atoms. The van der Waals surface area contributed by atoms with Gasteiger partial charge in [0.25, 0.3) is 5.91 Å². The first-order chi connectivity index (χ1) is 15.4. The Balaban J connectivity index is 1.66. The van der Waals surface area contributed by atoms with E-state index in [0.717, 1.165) is 48.3 Å². The van der Waals surface area contributed by atoms with E-state index in [-0.39, 0.29) is 11.9 Å². The molecule has 2 heterocycles. The zero-order valence-electron chi connectivity index (χ0n) is 17.7. The number of fused-ring (bicyclic) bond motifs is 3. The molecule has 0 saturated heterocycles. The van der Waals surface area contributed by atoms with Crippen LogP contribution in [0, 0.1) is 0 Å². The van der Waals surface area contributed by atoms with Crippen molar-refractivity contribution in [3.63, 3.8) is 0 Å². The normalized spacial score (nSPS) is 15.9. The zero-order chi connectivity index (χ0) is 22.4. The van der Waals surface area contributed by atoms with E-state index < -0.39 is 0 Å². The lowest BCUT2D eigenvalue weighted by atomic mass is 9.95. The number of amides is 1. The summed E-state index contributed by atoms with van der Waals surface area (Å²) in [6.45, 7) is 0.527. The molecule has 1 aliphatic heterocycles. The van der Waals surface area contributed by atoms with Crippen molar-refractivity contribution in [3.8, 4) is 17.1 Å². The van der Waals surface area contributed by atoms with Crippen molar-refractivity contribution in [2.75, 3.05) is 11.9 Å². The second-order valence-electron chi connectivity index (χ2n) is 8.49. The number of carbonyl (C=O) groups is 1. The fraction of sp³-hybridized carbons (Fsp3) is 0.333. The van der Waals surface area contributed by atoms with Gasteiger partial charge < -0.3 is 10.2 Å². The Labute approximate surface area is 202 Å². The Hall–Kier alpha value is -2.21. The van der Waals surface area contributed by atoms with E-state index in [9.17, 15) is 4.79 Å². The van der Waals surface area contributed by atoms with E-state index in [1.54, 1.807) is 12.1 Å². The number of hydrogen-bond donors (Lipinski definition) is 1. The molecule has 5 rings (SSSR count). The molecule has 3 aromatic rings. The van der Waals surface area contributed by atoms with Crippen molar-refractivity contribution in [1.82, 2.24) is 14.9 Å². The highest BCUT2D eigenvalue weighted by atomic mass is 35.5. The summed E-state index contributed by atoms with van der Waals surface area (Å²) in [5.74, 6) is 0.481. The molecule has 0 unspecified atom stereocenters. The molecule has 1 N–H and O–H groups in total. The van der Waals surface area contributed by atoms with Crippen LogP contribution in [0.2, 0.25) is 15.1 Å². The van der Waals surface area contributed by atoms with Gasteiger partial charge in [0.05, 0.1) is 28.6 Å². The number of hydrogen-bond acceptors (Lipinski definition) is 3. The van der Waals surface area contributed by atoms with E-state index in [4.69, 9.17) is 39.8 Å². The van der Waals surface area contributed by atoms with Crippen LogP contribution in [0.15, 0.2) is 36.4 Å². The Kier molecular flexibility index (Phi) is 5.82. The monoisotopic (exact) mass is 488 g/mol. The van der Waals surface area contributed by atoms with Crippen molar-refractivity contribution < 1.29 is 4.79 Å². The molecular formula is C24H23Cl3N4O. The fourth-order valence-electron chi connectivity index (χ4n) is 4.69. The number of nitrogens with one attached hydrogen (secondary N) is 1. The van der Waals surface area contributed by atoms with Gasteiger partial charge >= 0.3 is 0 Å². The molecule has 8 heteroatoms. The highest BCUT2D eigenvalue weighted by Crippen LogP contribution is 2.40. The van der Waals surface area contributed by atoms with Gasteiger partial charge in [-0.2, -0.15) is 0 Å². The molecular weight excluding hydrogens is 467 g/mol. The Morgan fingerprint density at radius 1 is 1.00 bits per heavy atom. The number of anilines is 1. The summed E-state index contributed by atoms with van der Waals surface area (Å²) in [6, 6.07) is 11.2. The van der Waals surface area contributed by atoms with Crippen molar-refractivity contribution in [3.05, 3.63) is 62.9 Å². The smallest absolute Gasteiger partial charge is 0.272 e. The average molecular weight is 490 g/mol. The third-order valence-corrected chi connectivity index (χ3v) is 7.06. The lowest BCUT2D eigenvalue weighted by Gasteiger charge is -2.30. The molecule has 2 aromatic carbocycles. The van der Waals surface area contributed by atoms with Crippen LogP contribution in [0.4, 0.5) is 5.69 Å². The summed E-state index contributed by atoms with van der Waals surface area (Å²) in [4.78, 5) is 20.3. The summed E-state index contributed by atoms with van der Waals surface area (Å²) in [7, 11) is 1.99. The molecule has 166 valence electrons. The van der Waals surface area contributed by atoms with Gasteiger partial charge in [-0.1, -0.05) is 54.1 Å². The molecule has 0 spiro atoms. The van der Waals surface area contributed by atoms with Gasteiger partial charge in [0.1, 0.15) is 5.82 Å². The number of halogens is 3. The van der Waals surface area contributed by atoms with Crippen LogP contribution in [-0.2, 0) is 6.54 Å². The summed E-state index contributed by atoms with van der Waals surface area (Å²) in [5, 5.41) is 4.90. The first-order valence-electron chi connectivity index (χ1n) is 10.8. The quantitative estimate of drug-likeness (QED) is 0.456. The number of nitrogens with zero attached hydrogens (tertiary/aromatic N) is 3. The largest absolute Gasteiger partial charge is 0.367 e. The van der Waals surface area contributed by atoms with Crippen LogP contribution in [0.1, 0.15) is 48.3 Å². The van der Waals surface area contributed by atoms with Gasteiger partial charge in [-0.05, 0) is 49.2 Å². The van der Waals surface area contributed by atoms with Crippen molar-refractivity contribution in [2.24, 2.45) is 0 Å². The summed E-state index contributed by atoms with van der Waals surface area (Å²) in [6.07, 6.45) is 5.55. The minimum atomic E-state index is -0.136. The number of rotatable bonds is 3. The molecule has 0 atom stereocenters. The highest BCUT2D eigenvalue weighted by Gasteiger charge is 2.31. The van der Waals surface area contributed by atoms with Gasteiger partial charge in [-0.15, -0.1) is 0 Å². The second kappa shape index (κ2) is 8.62. The van der Waals surface area contributed by atoms with Crippen LogP contribution >= 0.6 is 34.8 Å². The molecule has 1 fully saturated rings. The average Bonchev–Trinajstić information content (AvgIpc) is 3.14. The van der Waals surface area contributed by atoms with Gasteiger partial charge in [-0.25, -0.2) is 4.98 Å². The van der Waals surface area contributed by atoms with E-state index in [2.05, 4.69) is 10.2 Å². The van der Waals surface area contributed by atoms with Gasteiger partial charge in [-0.3, -0.25) is 9.36 Å². The molecule has 2 aliphatic rings. The maximum absolute atomic E-state index is 13.4. The van der Waals surface area contributed by atoms with Crippen LogP contribution in [-0.4, -0.2) is 28.5 Å². The van der Waals surface area contributed by atoms with Crippen LogP contribution in [0.5, 0.6) is 0 Å². The van der Waals surface area contributed by atoms with Gasteiger partial charge in [0, 0.05) is 28.7 Å². The Morgan fingerprint density at radius 3 is 2.47 bits per heavy atom. The maximum Gasteiger partial charge on any atom is 0.272 e. The van der Waals surface area contributed by atoms with E-state index >= 15 is 0 Å². The molecule has 0 radical (unpaired) electrons. The Morgan fingerprint density at radius 2 is 1.72 bits per heavy atom. The first kappa shape index (κ1) is 21.6. The summed E-state index contributed by atoms with van der Waals surface area (Å²) >= 11 is 19.0. The SMILES string of the molecule is CN1Cc2c(C(=O)NC3CCCCC3)nc(-c3ccc(Cl)cc3Cl)n2-c2ccc(Cl)cc21. The van der Waals surface area contributed by atoms with Gasteiger partial charge in [0.15, 0.2) is 5.69 Å². The van der Waals surface area contributed by atoms with Crippen molar-refractivity contribution in [2.45, 2.75) is 44.7 Å². The van der Waals surface area contributed by atoms with E-state index in [1.807, 2.05) is 35.9 Å².